The van der Waals surface area contributed by atoms with Gasteiger partial charge >= 0.3 is 0 Å². The van der Waals surface area contributed by atoms with Crippen LogP contribution in [0.5, 0.6) is 0 Å². The van der Waals surface area contributed by atoms with E-state index < -0.39 is 10.0 Å². The highest BCUT2D eigenvalue weighted by molar-refractivity contribution is 7.89. The molecule has 0 aromatic carbocycles. The highest BCUT2D eigenvalue weighted by Crippen LogP contribution is 2.20. The van der Waals surface area contributed by atoms with Crippen molar-refractivity contribution in [3.63, 3.8) is 0 Å². The van der Waals surface area contributed by atoms with Crippen LogP contribution in [-0.4, -0.2) is 19.7 Å². The normalized spacial score (nSPS) is 14.3. The third kappa shape index (κ3) is 10.2. The zero-order valence-corrected chi connectivity index (χ0v) is 11.7. The summed E-state index contributed by atoms with van der Waals surface area (Å²) in [6.45, 7) is 11.9. The van der Waals surface area contributed by atoms with E-state index in [4.69, 9.17) is 0 Å². The van der Waals surface area contributed by atoms with Crippen LogP contribution < -0.4 is 4.72 Å². The molecule has 0 rings (SSSR count). The molecule has 0 fully saturated rings. The minimum Gasteiger partial charge on any atom is -0.212 e. The van der Waals surface area contributed by atoms with E-state index in [-0.39, 0.29) is 16.7 Å². The van der Waals surface area contributed by atoms with Crippen LogP contribution in [0.25, 0.3) is 0 Å². The van der Waals surface area contributed by atoms with Gasteiger partial charge in [-0.15, -0.1) is 0 Å². The first-order chi connectivity index (χ1) is 6.41. The van der Waals surface area contributed by atoms with Crippen LogP contribution in [0.15, 0.2) is 0 Å². The number of rotatable bonds is 4. The first-order valence-corrected chi connectivity index (χ1v) is 7.08. The number of nitrogens with one attached hydrogen (secondary N) is 1. The Labute approximate surface area is 94.7 Å². The summed E-state index contributed by atoms with van der Waals surface area (Å²) in [6.07, 6.45) is 1.65. The molecule has 0 bridgehead atoms. The zero-order valence-electron chi connectivity index (χ0n) is 10.8. The average molecular weight is 235 g/mol. The van der Waals surface area contributed by atoms with Gasteiger partial charge < -0.3 is 0 Å². The molecule has 0 radical (unpaired) electrons. The zero-order chi connectivity index (χ0) is 12.3. The summed E-state index contributed by atoms with van der Waals surface area (Å²) in [4.78, 5) is 0. The molecule has 0 amide bonds. The van der Waals surface area contributed by atoms with Gasteiger partial charge in [0.05, 0.1) is 5.75 Å². The maximum Gasteiger partial charge on any atom is 0.212 e. The summed E-state index contributed by atoms with van der Waals surface area (Å²) >= 11 is 0. The van der Waals surface area contributed by atoms with Crippen molar-refractivity contribution in [2.75, 3.05) is 5.75 Å². The molecule has 3 nitrogen and oxygen atoms in total. The molecular weight excluding hydrogens is 210 g/mol. The largest absolute Gasteiger partial charge is 0.212 e. The van der Waals surface area contributed by atoms with E-state index in [1.807, 2.05) is 20.8 Å². The maximum atomic E-state index is 11.6. The van der Waals surface area contributed by atoms with Crippen LogP contribution in [0.2, 0.25) is 0 Å². The van der Waals surface area contributed by atoms with Crippen molar-refractivity contribution < 1.29 is 8.42 Å². The average Bonchev–Trinajstić information content (AvgIpc) is 1.75. The van der Waals surface area contributed by atoms with Crippen molar-refractivity contribution in [3.05, 3.63) is 0 Å². The predicted octanol–water partition coefficient (Wildman–Crippen LogP) is 2.53. The van der Waals surface area contributed by atoms with Crippen molar-refractivity contribution in [3.8, 4) is 0 Å². The lowest BCUT2D eigenvalue weighted by atomic mass is 9.91. The Balaban J connectivity index is 4.08. The second-order valence-corrected chi connectivity index (χ2v) is 8.18. The van der Waals surface area contributed by atoms with E-state index in [0.29, 0.717) is 0 Å². The van der Waals surface area contributed by atoms with Crippen molar-refractivity contribution >= 4 is 10.0 Å². The second kappa shape index (κ2) is 4.83. The molecule has 0 spiro atoms. The molecule has 0 aliphatic heterocycles. The highest BCUT2D eigenvalue weighted by atomic mass is 32.2. The monoisotopic (exact) mass is 235 g/mol. The van der Waals surface area contributed by atoms with Gasteiger partial charge in [0.1, 0.15) is 0 Å². The molecular formula is C11H25NO2S. The minimum atomic E-state index is -3.11. The van der Waals surface area contributed by atoms with E-state index in [1.165, 1.54) is 0 Å². The topological polar surface area (TPSA) is 46.2 Å². The molecule has 15 heavy (non-hydrogen) atoms. The highest BCUT2D eigenvalue weighted by Gasteiger charge is 2.20. The molecule has 0 aromatic rings. The van der Waals surface area contributed by atoms with Gasteiger partial charge in [0, 0.05) is 5.54 Å². The second-order valence-electron chi connectivity index (χ2n) is 6.34. The number of hydrogen-bond donors (Lipinski definition) is 1. The standard InChI is InChI=1S/C11H25NO2S/c1-10(2,3)8-7-9-15(13,14)12-11(4,5)6/h12H,7-9H2,1-6H3. The van der Waals surface area contributed by atoms with Gasteiger partial charge in [-0.1, -0.05) is 20.8 Å². The van der Waals surface area contributed by atoms with Crippen molar-refractivity contribution in [1.82, 2.24) is 4.72 Å². The van der Waals surface area contributed by atoms with E-state index in [2.05, 4.69) is 25.5 Å². The summed E-state index contributed by atoms with van der Waals surface area (Å²) in [5.41, 5.74) is -0.169. The first kappa shape index (κ1) is 14.9. The Bertz CT molecular complexity index is 281. The Morgan fingerprint density at radius 3 is 1.80 bits per heavy atom. The van der Waals surface area contributed by atoms with Gasteiger partial charge in [-0.05, 0) is 39.0 Å². The van der Waals surface area contributed by atoms with E-state index in [9.17, 15) is 8.42 Å². The van der Waals surface area contributed by atoms with Crippen molar-refractivity contribution in [1.29, 1.82) is 0 Å². The molecule has 4 heteroatoms. The third-order valence-corrected chi connectivity index (χ3v) is 3.55. The molecule has 0 unspecified atom stereocenters. The van der Waals surface area contributed by atoms with Gasteiger partial charge in [0.25, 0.3) is 0 Å². The van der Waals surface area contributed by atoms with Gasteiger partial charge in [-0.3, -0.25) is 0 Å². The predicted molar refractivity (Wildman–Crippen MR) is 65.4 cm³/mol. The van der Waals surface area contributed by atoms with Gasteiger partial charge in [0.15, 0.2) is 0 Å². The Hall–Kier alpha value is -0.0900. The van der Waals surface area contributed by atoms with Crippen LogP contribution in [0.4, 0.5) is 0 Å². The van der Waals surface area contributed by atoms with E-state index >= 15 is 0 Å². The number of sulfonamides is 1. The van der Waals surface area contributed by atoms with Crippen molar-refractivity contribution in [2.45, 2.75) is 59.9 Å². The lowest BCUT2D eigenvalue weighted by Gasteiger charge is -2.21. The molecule has 0 aromatic heterocycles. The van der Waals surface area contributed by atoms with Gasteiger partial charge in [-0.25, -0.2) is 13.1 Å². The molecule has 1 N–H and O–H groups in total. The molecule has 0 heterocycles. The van der Waals surface area contributed by atoms with Crippen molar-refractivity contribution in [2.24, 2.45) is 5.41 Å². The Kier molecular flexibility index (Phi) is 4.80. The summed E-state index contributed by atoms with van der Waals surface area (Å²) in [5, 5.41) is 0. The summed E-state index contributed by atoms with van der Waals surface area (Å²) in [7, 11) is -3.11. The Morgan fingerprint density at radius 2 is 1.47 bits per heavy atom. The summed E-state index contributed by atoms with van der Waals surface area (Å²) < 4.78 is 25.9. The van der Waals surface area contributed by atoms with E-state index in [1.54, 1.807) is 0 Å². The SMILES string of the molecule is CC(C)(C)CCCS(=O)(=O)NC(C)(C)C. The first-order valence-electron chi connectivity index (χ1n) is 5.43. The van der Waals surface area contributed by atoms with Crippen LogP contribution in [0, 0.1) is 5.41 Å². The minimum absolute atomic E-state index is 0.206. The molecule has 92 valence electrons. The van der Waals surface area contributed by atoms with E-state index in [0.717, 1.165) is 12.8 Å². The molecule has 0 atom stereocenters. The lowest BCUT2D eigenvalue weighted by molar-refractivity contribution is 0.372. The molecule has 0 aliphatic carbocycles. The van der Waals surface area contributed by atoms with Crippen LogP contribution >= 0.6 is 0 Å². The fourth-order valence-corrected chi connectivity index (χ4v) is 2.87. The van der Waals surface area contributed by atoms with Gasteiger partial charge in [0.2, 0.25) is 10.0 Å². The maximum absolute atomic E-state index is 11.6. The Morgan fingerprint density at radius 1 is 1.00 bits per heavy atom. The molecule has 0 aliphatic rings. The van der Waals surface area contributed by atoms with Crippen LogP contribution in [0.1, 0.15) is 54.4 Å². The van der Waals surface area contributed by atoms with Crippen LogP contribution in [-0.2, 0) is 10.0 Å². The van der Waals surface area contributed by atoms with Gasteiger partial charge in [-0.2, -0.15) is 0 Å². The smallest absolute Gasteiger partial charge is 0.212 e. The fourth-order valence-electron chi connectivity index (χ4n) is 1.31. The molecule has 0 saturated carbocycles. The quantitative estimate of drug-likeness (QED) is 0.814. The molecule has 0 saturated heterocycles. The fraction of sp³-hybridized carbons (Fsp3) is 1.00. The third-order valence-electron chi connectivity index (χ3n) is 1.80. The number of hydrogen-bond acceptors (Lipinski definition) is 2. The lowest BCUT2D eigenvalue weighted by Crippen LogP contribution is -2.41. The summed E-state index contributed by atoms with van der Waals surface area (Å²) in [5.74, 6) is 0.224. The summed E-state index contributed by atoms with van der Waals surface area (Å²) in [6, 6.07) is 0. The van der Waals surface area contributed by atoms with Crippen LogP contribution in [0.3, 0.4) is 0 Å².